The fraction of sp³-hybridized carbons (Fsp3) is 0.263. The van der Waals surface area contributed by atoms with Gasteiger partial charge in [0, 0.05) is 19.3 Å². The third-order valence-corrected chi connectivity index (χ3v) is 7.24. The quantitative estimate of drug-likeness (QED) is 0.745. The number of carbonyl (C=O) groups excluding carboxylic acids is 1. The second kappa shape index (κ2) is 7.06. The van der Waals surface area contributed by atoms with Gasteiger partial charge >= 0.3 is 6.03 Å². The van der Waals surface area contributed by atoms with E-state index >= 15 is 0 Å². The molecular weight excluding hydrogens is 396 g/mol. The van der Waals surface area contributed by atoms with Crippen LogP contribution in [0.1, 0.15) is 17.2 Å². The van der Waals surface area contributed by atoms with Crippen molar-refractivity contribution in [2.45, 2.75) is 17.4 Å². The largest absolute Gasteiger partial charge is 0.365 e. The number of anilines is 1. The van der Waals surface area contributed by atoms with E-state index in [1.165, 1.54) is 6.07 Å². The van der Waals surface area contributed by atoms with Crippen LogP contribution in [0.4, 0.5) is 10.5 Å². The molecule has 0 radical (unpaired) electrons. The molecule has 2 N–H and O–H groups in total. The predicted octanol–water partition coefficient (Wildman–Crippen LogP) is 2.01. The van der Waals surface area contributed by atoms with Crippen LogP contribution in [0.15, 0.2) is 53.4 Å². The SMILES string of the molecule is CNC(=S)N1CCc2cc(S(=O)(=O)N3CC(c4ccccc4)NC3=O)ccc21. The lowest BCUT2D eigenvalue weighted by molar-refractivity contribution is 0.235. The molecule has 28 heavy (non-hydrogen) atoms. The van der Waals surface area contributed by atoms with Gasteiger partial charge in [0.15, 0.2) is 5.11 Å². The summed E-state index contributed by atoms with van der Waals surface area (Å²) >= 11 is 5.30. The van der Waals surface area contributed by atoms with Crippen LogP contribution in [0.5, 0.6) is 0 Å². The van der Waals surface area contributed by atoms with Crippen molar-refractivity contribution in [3.63, 3.8) is 0 Å². The van der Waals surface area contributed by atoms with Gasteiger partial charge in [-0.3, -0.25) is 0 Å². The first-order valence-electron chi connectivity index (χ1n) is 8.92. The number of nitrogens with one attached hydrogen (secondary N) is 2. The van der Waals surface area contributed by atoms with E-state index in [1.807, 2.05) is 35.2 Å². The highest BCUT2D eigenvalue weighted by Gasteiger charge is 2.39. The number of amides is 2. The van der Waals surface area contributed by atoms with E-state index in [9.17, 15) is 13.2 Å². The van der Waals surface area contributed by atoms with Crippen molar-refractivity contribution in [1.29, 1.82) is 0 Å². The van der Waals surface area contributed by atoms with E-state index in [4.69, 9.17) is 12.2 Å². The van der Waals surface area contributed by atoms with E-state index in [2.05, 4.69) is 10.6 Å². The molecule has 146 valence electrons. The summed E-state index contributed by atoms with van der Waals surface area (Å²) in [5.74, 6) is 0. The van der Waals surface area contributed by atoms with Gasteiger partial charge in [0.1, 0.15) is 0 Å². The zero-order valence-electron chi connectivity index (χ0n) is 15.3. The van der Waals surface area contributed by atoms with Gasteiger partial charge in [0.25, 0.3) is 10.0 Å². The Morgan fingerprint density at radius 2 is 1.96 bits per heavy atom. The highest BCUT2D eigenvalue weighted by atomic mass is 32.2. The van der Waals surface area contributed by atoms with Crippen molar-refractivity contribution < 1.29 is 13.2 Å². The molecule has 1 saturated heterocycles. The average molecular weight is 417 g/mol. The average Bonchev–Trinajstić information content (AvgIpc) is 3.31. The molecule has 7 nitrogen and oxygen atoms in total. The number of fused-ring (bicyclic) bond motifs is 1. The van der Waals surface area contributed by atoms with Gasteiger partial charge in [-0.25, -0.2) is 17.5 Å². The standard InChI is InChI=1S/C19H20N4O3S2/c1-20-19(27)22-10-9-14-11-15(7-8-17(14)22)28(25,26)23-12-16(21-18(23)24)13-5-3-2-4-6-13/h2-8,11,16H,9-10,12H2,1H3,(H,20,27)(H,21,24). The number of benzene rings is 2. The first-order valence-corrected chi connectivity index (χ1v) is 10.8. The third-order valence-electron chi connectivity index (χ3n) is 5.07. The highest BCUT2D eigenvalue weighted by Crippen LogP contribution is 2.32. The normalized spacial score (nSPS) is 18.8. The number of urea groups is 1. The molecule has 4 rings (SSSR count). The van der Waals surface area contributed by atoms with Gasteiger partial charge in [-0.05, 0) is 48.0 Å². The Kier molecular flexibility index (Phi) is 4.72. The van der Waals surface area contributed by atoms with Crippen LogP contribution in [0.25, 0.3) is 0 Å². The summed E-state index contributed by atoms with van der Waals surface area (Å²) < 4.78 is 27.1. The van der Waals surface area contributed by atoms with Crippen molar-refractivity contribution >= 4 is 39.1 Å². The van der Waals surface area contributed by atoms with Crippen molar-refractivity contribution in [3.05, 3.63) is 59.7 Å². The highest BCUT2D eigenvalue weighted by molar-refractivity contribution is 7.89. The summed E-state index contributed by atoms with van der Waals surface area (Å²) in [5.41, 5.74) is 2.67. The summed E-state index contributed by atoms with van der Waals surface area (Å²) in [5, 5.41) is 6.29. The van der Waals surface area contributed by atoms with Gasteiger partial charge in [-0.2, -0.15) is 0 Å². The molecule has 1 fully saturated rings. The number of sulfonamides is 1. The molecule has 1 atom stereocenters. The molecule has 1 unspecified atom stereocenters. The van der Waals surface area contributed by atoms with Crippen molar-refractivity contribution in [1.82, 2.24) is 14.9 Å². The Bertz CT molecular complexity index is 1040. The van der Waals surface area contributed by atoms with E-state index in [1.54, 1.807) is 19.2 Å². The molecule has 0 spiro atoms. The van der Waals surface area contributed by atoms with Crippen molar-refractivity contribution in [2.24, 2.45) is 0 Å². The monoisotopic (exact) mass is 416 g/mol. The smallest absolute Gasteiger partial charge is 0.331 e. The maximum Gasteiger partial charge on any atom is 0.331 e. The molecule has 0 saturated carbocycles. The number of carbonyl (C=O) groups is 1. The molecular formula is C19H20N4O3S2. The fourth-order valence-electron chi connectivity index (χ4n) is 3.61. The van der Waals surface area contributed by atoms with Crippen LogP contribution in [0.2, 0.25) is 0 Å². The van der Waals surface area contributed by atoms with Crippen LogP contribution in [0.3, 0.4) is 0 Å². The number of nitrogens with zero attached hydrogens (tertiary/aromatic N) is 2. The first-order chi connectivity index (χ1) is 13.4. The second-order valence-corrected chi connectivity index (χ2v) is 8.95. The first kappa shape index (κ1) is 18.7. The van der Waals surface area contributed by atoms with Crippen molar-refractivity contribution in [3.8, 4) is 0 Å². The molecule has 2 aliphatic rings. The second-order valence-electron chi connectivity index (χ2n) is 6.70. The molecule has 2 aromatic rings. The van der Waals surface area contributed by atoms with Gasteiger partial charge in [0.2, 0.25) is 0 Å². The minimum atomic E-state index is -3.94. The maximum atomic E-state index is 13.1. The molecule has 2 amide bonds. The fourth-order valence-corrected chi connectivity index (χ4v) is 5.20. The van der Waals surface area contributed by atoms with Gasteiger partial charge in [-0.1, -0.05) is 30.3 Å². The third kappa shape index (κ3) is 3.10. The van der Waals surface area contributed by atoms with E-state index in [-0.39, 0.29) is 17.5 Å². The van der Waals surface area contributed by atoms with Crippen LogP contribution in [-0.2, 0) is 16.4 Å². The number of rotatable bonds is 3. The summed E-state index contributed by atoms with van der Waals surface area (Å²) in [6.45, 7) is 0.761. The Morgan fingerprint density at radius 3 is 2.68 bits per heavy atom. The molecule has 9 heteroatoms. The van der Waals surface area contributed by atoms with Crippen LogP contribution in [0, 0.1) is 0 Å². The lowest BCUT2D eigenvalue weighted by Crippen LogP contribution is -2.36. The predicted molar refractivity (Wildman–Crippen MR) is 111 cm³/mol. The minimum absolute atomic E-state index is 0.0677. The molecule has 2 aliphatic heterocycles. The zero-order chi connectivity index (χ0) is 19.9. The Morgan fingerprint density at radius 1 is 1.21 bits per heavy atom. The van der Waals surface area contributed by atoms with E-state index in [0.29, 0.717) is 18.1 Å². The lowest BCUT2D eigenvalue weighted by Gasteiger charge is -2.20. The topological polar surface area (TPSA) is 81.8 Å². The molecule has 0 aliphatic carbocycles. The summed E-state index contributed by atoms with van der Waals surface area (Å²) in [6, 6.07) is 13.3. The van der Waals surface area contributed by atoms with E-state index < -0.39 is 16.1 Å². The number of hydrogen-bond donors (Lipinski definition) is 2. The Hall–Kier alpha value is -2.65. The van der Waals surface area contributed by atoms with Gasteiger partial charge in [-0.15, -0.1) is 0 Å². The van der Waals surface area contributed by atoms with Crippen molar-refractivity contribution in [2.75, 3.05) is 25.0 Å². The number of hydrogen-bond acceptors (Lipinski definition) is 4. The van der Waals surface area contributed by atoms with Crippen LogP contribution < -0.4 is 15.5 Å². The summed E-state index contributed by atoms with van der Waals surface area (Å²) in [4.78, 5) is 14.5. The number of thiocarbonyl (C=S) groups is 1. The Labute approximate surface area is 169 Å². The summed E-state index contributed by atoms with van der Waals surface area (Å²) in [7, 11) is -2.18. The van der Waals surface area contributed by atoms with Gasteiger partial charge in [0.05, 0.1) is 17.5 Å². The van der Waals surface area contributed by atoms with Crippen LogP contribution >= 0.6 is 12.2 Å². The minimum Gasteiger partial charge on any atom is -0.365 e. The molecule has 2 heterocycles. The zero-order valence-corrected chi connectivity index (χ0v) is 16.9. The van der Waals surface area contributed by atoms with Gasteiger partial charge < -0.3 is 15.5 Å². The molecule has 0 bridgehead atoms. The molecule has 0 aromatic heterocycles. The lowest BCUT2D eigenvalue weighted by atomic mass is 10.1. The van der Waals surface area contributed by atoms with Crippen LogP contribution in [-0.4, -0.2) is 44.0 Å². The summed E-state index contributed by atoms with van der Waals surface area (Å²) in [6.07, 6.45) is 0.694. The Balaban J connectivity index is 1.61. The molecule has 2 aromatic carbocycles. The maximum absolute atomic E-state index is 13.1. The van der Waals surface area contributed by atoms with E-state index in [0.717, 1.165) is 21.1 Å².